The lowest BCUT2D eigenvalue weighted by molar-refractivity contribution is 0.0699. The lowest BCUT2D eigenvalue weighted by Gasteiger charge is -2.22. The molecule has 0 atom stereocenters. The fourth-order valence-corrected chi connectivity index (χ4v) is 6.90. The number of halogens is 2. The van der Waals surface area contributed by atoms with Gasteiger partial charge in [-0.25, -0.2) is 9.78 Å². The fraction of sp³-hybridized carbons (Fsp3) is 0.258. The van der Waals surface area contributed by atoms with Crippen molar-refractivity contribution in [2.45, 2.75) is 39.3 Å². The number of carbonyl (C=O) groups is 1. The second kappa shape index (κ2) is 11.2. The number of carboxylic acids is 1. The molecule has 0 amide bonds. The second-order valence-electron chi connectivity index (χ2n) is 10.5. The highest BCUT2D eigenvalue weighted by atomic mass is 35.5. The first kappa shape index (κ1) is 28.9. The summed E-state index contributed by atoms with van der Waals surface area (Å²) in [6.45, 7) is 3.82. The van der Waals surface area contributed by atoms with E-state index < -0.39 is 5.97 Å². The monoisotopic (exact) mass is 633 g/mol. The number of nitriles is 1. The number of nitrogens with zero attached hydrogens (tertiary/aromatic N) is 5. The van der Waals surface area contributed by atoms with Crippen LogP contribution in [-0.2, 0) is 6.54 Å². The summed E-state index contributed by atoms with van der Waals surface area (Å²) in [4.78, 5) is 36.6. The molecule has 3 heterocycles. The van der Waals surface area contributed by atoms with Gasteiger partial charge in [0.1, 0.15) is 24.3 Å². The normalized spacial score (nSPS) is 12.9. The summed E-state index contributed by atoms with van der Waals surface area (Å²) in [6.07, 6.45) is 2.02. The Morgan fingerprint density at radius 1 is 1.21 bits per heavy atom. The number of thiophene rings is 1. The van der Waals surface area contributed by atoms with Gasteiger partial charge >= 0.3 is 5.97 Å². The Kier molecular flexibility index (Phi) is 7.50. The first-order valence-corrected chi connectivity index (χ1v) is 15.1. The molecule has 43 heavy (non-hydrogen) atoms. The second-order valence-corrected chi connectivity index (χ2v) is 12.2. The van der Waals surface area contributed by atoms with Gasteiger partial charge in [-0.05, 0) is 57.0 Å². The highest BCUT2D eigenvalue weighted by molar-refractivity contribution is 7.18. The van der Waals surface area contributed by atoms with Crippen LogP contribution in [0.25, 0.3) is 32.2 Å². The molecule has 12 heteroatoms. The molecule has 0 spiro atoms. The van der Waals surface area contributed by atoms with Crippen LogP contribution in [-0.4, -0.2) is 45.3 Å². The van der Waals surface area contributed by atoms with Crippen LogP contribution in [0, 0.1) is 25.2 Å². The standard InChI is InChI=1S/C31H25Cl2N5O4S/c1-15-10-20(29-27(35-15)22(14-43-29)31(40)41)19-11-17(32)4-7-25(19)42-9-8-38-16(2)36-24-12-23(33)28(37(3)18-5-6-18)21(13-34)26(24)30(38)39/h4,7,10-12,14,18H,5-6,8-9H2,1-3H3,(H,40,41). The first-order valence-electron chi connectivity index (χ1n) is 13.5. The Labute approximate surface area is 260 Å². The van der Waals surface area contributed by atoms with E-state index in [4.69, 9.17) is 27.9 Å². The molecule has 1 N–H and O–H groups in total. The van der Waals surface area contributed by atoms with E-state index in [-0.39, 0.29) is 35.2 Å². The molecule has 3 aromatic heterocycles. The lowest BCUT2D eigenvalue weighted by atomic mass is 10.0. The van der Waals surface area contributed by atoms with Gasteiger partial charge in [0, 0.05) is 40.3 Å². The number of aryl methyl sites for hydroxylation is 2. The van der Waals surface area contributed by atoms with Crippen molar-refractivity contribution in [2.75, 3.05) is 18.6 Å². The summed E-state index contributed by atoms with van der Waals surface area (Å²) < 4.78 is 8.43. The minimum Gasteiger partial charge on any atom is -0.491 e. The smallest absolute Gasteiger partial charge is 0.338 e. The Hall–Kier alpha value is -4.17. The number of rotatable bonds is 8. The summed E-state index contributed by atoms with van der Waals surface area (Å²) in [5.74, 6) is -0.0680. The van der Waals surface area contributed by atoms with Gasteiger partial charge in [0.15, 0.2) is 0 Å². The molecule has 1 saturated carbocycles. The highest BCUT2D eigenvalue weighted by Crippen LogP contribution is 2.41. The molecule has 218 valence electrons. The van der Waals surface area contributed by atoms with Crippen LogP contribution in [0.1, 0.15) is 40.3 Å². The van der Waals surface area contributed by atoms with E-state index >= 15 is 0 Å². The summed E-state index contributed by atoms with van der Waals surface area (Å²) in [5.41, 5.74) is 3.43. The van der Waals surface area contributed by atoms with Crippen LogP contribution in [0.3, 0.4) is 0 Å². The van der Waals surface area contributed by atoms with Gasteiger partial charge in [0.2, 0.25) is 0 Å². The molecular formula is C31H25Cl2N5O4S. The Morgan fingerprint density at radius 2 is 1.98 bits per heavy atom. The van der Waals surface area contributed by atoms with Crippen molar-refractivity contribution in [1.82, 2.24) is 14.5 Å². The fourth-order valence-electron chi connectivity index (χ4n) is 5.38. The number of hydrogen-bond acceptors (Lipinski definition) is 8. The number of aromatic carboxylic acids is 1. The number of aromatic nitrogens is 3. The van der Waals surface area contributed by atoms with Gasteiger partial charge in [-0.2, -0.15) is 5.26 Å². The molecule has 0 aliphatic heterocycles. The third-order valence-electron chi connectivity index (χ3n) is 7.61. The molecule has 1 aliphatic rings. The number of benzene rings is 2. The van der Waals surface area contributed by atoms with Crippen molar-refractivity contribution in [3.05, 3.63) is 78.8 Å². The minimum absolute atomic E-state index is 0.116. The summed E-state index contributed by atoms with van der Waals surface area (Å²) >= 11 is 14.3. The molecule has 2 aromatic carbocycles. The van der Waals surface area contributed by atoms with Crippen molar-refractivity contribution in [3.63, 3.8) is 0 Å². The number of hydrogen-bond donors (Lipinski definition) is 1. The number of carboxylic acid groups (broad SMARTS) is 1. The molecule has 0 radical (unpaired) electrons. The Balaban J connectivity index is 1.36. The SMILES string of the molecule is Cc1cc(-c2cc(Cl)ccc2OCCn2c(C)nc3cc(Cl)c(N(C)C4CC4)c(C#N)c3c2=O)c2scc(C(=O)O)c2n1. The maximum Gasteiger partial charge on any atom is 0.338 e. The van der Waals surface area contributed by atoms with Gasteiger partial charge in [-0.3, -0.25) is 14.3 Å². The van der Waals surface area contributed by atoms with E-state index in [1.54, 1.807) is 43.5 Å². The van der Waals surface area contributed by atoms with Gasteiger partial charge in [0.05, 0.1) is 49.5 Å². The van der Waals surface area contributed by atoms with Crippen molar-refractivity contribution < 1.29 is 14.6 Å². The molecule has 1 fully saturated rings. The van der Waals surface area contributed by atoms with Gasteiger partial charge in [-0.1, -0.05) is 23.2 Å². The number of fused-ring (bicyclic) bond motifs is 2. The molecule has 6 rings (SSSR count). The average Bonchev–Trinajstić information content (AvgIpc) is 3.72. The zero-order valence-corrected chi connectivity index (χ0v) is 25.8. The van der Waals surface area contributed by atoms with Crippen LogP contribution in [0.5, 0.6) is 5.75 Å². The Morgan fingerprint density at radius 3 is 2.67 bits per heavy atom. The maximum absolute atomic E-state index is 13.8. The largest absolute Gasteiger partial charge is 0.491 e. The van der Waals surface area contributed by atoms with Crippen molar-refractivity contribution >= 4 is 67.3 Å². The average molecular weight is 635 g/mol. The van der Waals surface area contributed by atoms with Gasteiger partial charge in [-0.15, -0.1) is 11.3 Å². The zero-order chi connectivity index (χ0) is 30.6. The zero-order valence-electron chi connectivity index (χ0n) is 23.4. The van der Waals surface area contributed by atoms with E-state index in [0.717, 1.165) is 18.4 Å². The Bertz CT molecular complexity index is 2060. The van der Waals surface area contributed by atoms with Crippen LogP contribution in [0.2, 0.25) is 10.0 Å². The van der Waals surface area contributed by atoms with Crippen LogP contribution < -0.4 is 15.2 Å². The van der Waals surface area contributed by atoms with Crippen molar-refractivity contribution in [3.8, 4) is 22.9 Å². The molecule has 0 unspecified atom stereocenters. The summed E-state index contributed by atoms with van der Waals surface area (Å²) in [5, 5.41) is 22.4. The van der Waals surface area contributed by atoms with E-state index in [2.05, 4.69) is 16.0 Å². The van der Waals surface area contributed by atoms with E-state index in [9.17, 15) is 20.0 Å². The predicted molar refractivity (Wildman–Crippen MR) is 169 cm³/mol. The quantitative estimate of drug-likeness (QED) is 0.197. The number of pyridine rings is 1. The highest BCUT2D eigenvalue weighted by Gasteiger charge is 2.31. The summed E-state index contributed by atoms with van der Waals surface area (Å²) in [7, 11) is 1.89. The topological polar surface area (TPSA) is 121 Å². The predicted octanol–water partition coefficient (Wildman–Crippen LogP) is 6.84. The first-order chi connectivity index (χ1) is 20.6. The van der Waals surface area contributed by atoms with Crippen molar-refractivity contribution in [2.24, 2.45) is 0 Å². The molecule has 0 bridgehead atoms. The molecular weight excluding hydrogens is 609 g/mol. The van der Waals surface area contributed by atoms with E-state index in [1.807, 2.05) is 18.0 Å². The van der Waals surface area contributed by atoms with E-state index in [1.165, 1.54) is 15.9 Å². The third kappa shape index (κ3) is 5.18. The van der Waals surface area contributed by atoms with Crippen molar-refractivity contribution in [1.29, 1.82) is 5.26 Å². The van der Waals surface area contributed by atoms with Gasteiger partial charge < -0.3 is 14.7 Å². The molecule has 1 aliphatic carbocycles. The minimum atomic E-state index is -1.05. The third-order valence-corrected chi connectivity index (χ3v) is 9.13. The lowest BCUT2D eigenvalue weighted by Crippen LogP contribution is -2.28. The molecule has 9 nitrogen and oxygen atoms in total. The van der Waals surface area contributed by atoms with Crippen LogP contribution in [0.4, 0.5) is 5.69 Å². The van der Waals surface area contributed by atoms with Crippen LogP contribution >= 0.6 is 34.5 Å². The van der Waals surface area contributed by atoms with Crippen LogP contribution in [0.15, 0.2) is 40.5 Å². The molecule has 0 saturated heterocycles. The van der Waals surface area contributed by atoms with E-state index in [0.29, 0.717) is 60.3 Å². The maximum atomic E-state index is 13.8. The summed E-state index contributed by atoms with van der Waals surface area (Å²) in [6, 6.07) is 11.2. The number of anilines is 1. The molecule has 5 aromatic rings. The van der Waals surface area contributed by atoms with Gasteiger partial charge in [0.25, 0.3) is 5.56 Å². The number of ether oxygens (including phenoxy) is 1.